The first-order valence-corrected chi connectivity index (χ1v) is 11.0. The number of nitrogens with zero attached hydrogens (tertiary/aromatic N) is 1. The Balaban J connectivity index is 1.64. The van der Waals surface area contributed by atoms with Gasteiger partial charge in [0.15, 0.2) is 0 Å². The standard InChI is InChI=1S/C19H19N3O5S2/c23-19(27-11-15-4-2-1-3-5-15)21-17(18-12-28-13-20-18)10-14-6-8-16(9-7-14)22-29(24,25)26/h1-9,12-13,17,22H,10-11H2,(H,21,23)(H,24,25,26)/t17-/m0/s1. The van der Waals surface area contributed by atoms with Gasteiger partial charge in [0.25, 0.3) is 0 Å². The van der Waals surface area contributed by atoms with Crippen molar-refractivity contribution in [1.82, 2.24) is 10.3 Å². The lowest BCUT2D eigenvalue weighted by molar-refractivity contribution is 0.135. The Morgan fingerprint density at radius 3 is 2.45 bits per heavy atom. The van der Waals surface area contributed by atoms with Gasteiger partial charge in [0.1, 0.15) is 6.61 Å². The number of amides is 1. The molecular formula is C19H19N3O5S2. The zero-order chi connectivity index (χ0) is 20.7. The number of nitrogens with one attached hydrogen (secondary N) is 2. The van der Waals surface area contributed by atoms with Gasteiger partial charge in [0, 0.05) is 5.38 Å². The van der Waals surface area contributed by atoms with E-state index in [1.165, 1.54) is 23.5 Å². The fourth-order valence-electron chi connectivity index (χ4n) is 2.62. The van der Waals surface area contributed by atoms with E-state index in [1.807, 2.05) is 40.4 Å². The molecule has 0 fully saturated rings. The molecule has 3 rings (SSSR count). The lowest BCUT2D eigenvalue weighted by atomic mass is 10.0. The molecule has 1 aromatic heterocycles. The summed E-state index contributed by atoms with van der Waals surface area (Å²) in [5.74, 6) is 0. The van der Waals surface area contributed by atoms with Gasteiger partial charge in [-0.3, -0.25) is 9.27 Å². The van der Waals surface area contributed by atoms with Crippen molar-refractivity contribution in [3.63, 3.8) is 0 Å². The van der Waals surface area contributed by atoms with Crippen molar-refractivity contribution in [3.05, 3.63) is 82.3 Å². The largest absolute Gasteiger partial charge is 0.445 e. The molecule has 3 N–H and O–H groups in total. The number of hydrogen-bond acceptors (Lipinski definition) is 6. The molecule has 0 saturated carbocycles. The summed E-state index contributed by atoms with van der Waals surface area (Å²) in [6, 6.07) is 15.4. The zero-order valence-electron chi connectivity index (χ0n) is 15.2. The molecular weight excluding hydrogens is 414 g/mol. The number of aromatic nitrogens is 1. The summed E-state index contributed by atoms with van der Waals surface area (Å²) in [6.07, 6.45) is -0.132. The minimum absolute atomic E-state index is 0.159. The van der Waals surface area contributed by atoms with Gasteiger partial charge in [-0.2, -0.15) is 8.42 Å². The predicted molar refractivity (Wildman–Crippen MR) is 110 cm³/mol. The second kappa shape index (κ2) is 9.50. The van der Waals surface area contributed by atoms with Crippen LogP contribution in [0, 0.1) is 0 Å². The number of ether oxygens (including phenoxy) is 1. The number of alkyl carbamates (subject to hydrolysis) is 1. The number of carbonyl (C=O) groups is 1. The van der Waals surface area contributed by atoms with Crippen molar-refractivity contribution in [2.75, 3.05) is 4.72 Å². The van der Waals surface area contributed by atoms with Crippen molar-refractivity contribution in [3.8, 4) is 0 Å². The van der Waals surface area contributed by atoms with E-state index < -0.39 is 22.4 Å². The van der Waals surface area contributed by atoms with Crippen LogP contribution in [0.3, 0.4) is 0 Å². The number of rotatable bonds is 8. The Kier molecular flexibility index (Phi) is 6.81. The molecule has 1 atom stereocenters. The molecule has 10 heteroatoms. The van der Waals surface area contributed by atoms with E-state index in [0.717, 1.165) is 11.1 Å². The van der Waals surface area contributed by atoms with E-state index in [0.29, 0.717) is 12.1 Å². The van der Waals surface area contributed by atoms with Crippen molar-refractivity contribution >= 4 is 33.4 Å². The number of thiazole rings is 1. The molecule has 0 aliphatic heterocycles. The topological polar surface area (TPSA) is 118 Å². The molecule has 152 valence electrons. The molecule has 0 spiro atoms. The molecule has 0 aliphatic carbocycles. The van der Waals surface area contributed by atoms with E-state index >= 15 is 0 Å². The van der Waals surface area contributed by atoms with Gasteiger partial charge in [0.2, 0.25) is 0 Å². The van der Waals surface area contributed by atoms with E-state index in [9.17, 15) is 13.2 Å². The highest BCUT2D eigenvalue weighted by Crippen LogP contribution is 2.20. The molecule has 2 aromatic carbocycles. The average Bonchev–Trinajstić information content (AvgIpc) is 3.22. The third-order valence-electron chi connectivity index (χ3n) is 3.95. The van der Waals surface area contributed by atoms with Gasteiger partial charge in [-0.25, -0.2) is 9.78 Å². The number of carbonyl (C=O) groups excluding carboxylic acids is 1. The fraction of sp³-hybridized carbons (Fsp3) is 0.158. The molecule has 1 heterocycles. The zero-order valence-corrected chi connectivity index (χ0v) is 16.8. The fourth-order valence-corrected chi connectivity index (χ4v) is 3.67. The van der Waals surface area contributed by atoms with Crippen molar-refractivity contribution < 1.29 is 22.5 Å². The molecule has 0 unspecified atom stereocenters. The van der Waals surface area contributed by atoms with Crippen LogP contribution in [0.4, 0.5) is 10.5 Å². The molecule has 8 nitrogen and oxygen atoms in total. The van der Waals surface area contributed by atoms with Crippen LogP contribution in [-0.2, 0) is 28.1 Å². The average molecular weight is 434 g/mol. The van der Waals surface area contributed by atoms with E-state index in [-0.39, 0.29) is 12.3 Å². The second-order valence-electron chi connectivity index (χ2n) is 6.15. The van der Waals surface area contributed by atoms with Crippen LogP contribution in [0.25, 0.3) is 0 Å². The third kappa shape index (κ3) is 6.86. The summed E-state index contributed by atoms with van der Waals surface area (Å²) in [5, 5.41) is 4.67. The molecule has 29 heavy (non-hydrogen) atoms. The second-order valence-corrected chi connectivity index (χ2v) is 8.02. The number of anilines is 1. The van der Waals surface area contributed by atoms with Gasteiger partial charge < -0.3 is 10.1 Å². The van der Waals surface area contributed by atoms with Crippen molar-refractivity contribution in [1.29, 1.82) is 0 Å². The summed E-state index contributed by atoms with van der Waals surface area (Å²) < 4.78 is 37.9. The SMILES string of the molecule is O=C(N[C@@H](Cc1ccc(NS(=O)(=O)O)cc1)c1cscn1)OCc1ccccc1. The lowest BCUT2D eigenvalue weighted by Crippen LogP contribution is -2.30. The van der Waals surface area contributed by atoms with E-state index in [1.54, 1.807) is 17.6 Å². The van der Waals surface area contributed by atoms with Crippen molar-refractivity contribution in [2.24, 2.45) is 0 Å². The molecule has 0 bridgehead atoms. The molecule has 1 amide bonds. The Bertz CT molecular complexity index is 1020. The molecule has 0 radical (unpaired) electrons. The van der Waals surface area contributed by atoms with E-state index in [4.69, 9.17) is 9.29 Å². The highest BCUT2D eigenvalue weighted by molar-refractivity contribution is 7.87. The van der Waals surface area contributed by atoms with Crippen LogP contribution in [0.2, 0.25) is 0 Å². The van der Waals surface area contributed by atoms with Crippen LogP contribution < -0.4 is 10.0 Å². The van der Waals surface area contributed by atoms with Crippen LogP contribution >= 0.6 is 11.3 Å². The highest BCUT2D eigenvalue weighted by Gasteiger charge is 2.18. The lowest BCUT2D eigenvalue weighted by Gasteiger charge is -2.17. The maximum absolute atomic E-state index is 12.3. The first-order chi connectivity index (χ1) is 13.9. The molecule has 0 aliphatic rings. The highest BCUT2D eigenvalue weighted by atomic mass is 32.2. The van der Waals surface area contributed by atoms with Crippen molar-refractivity contribution in [2.45, 2.75) is 19.1 Å². The molecule has 3 aromatic rings. The van der Waals surface area contributed by atoms with Gasteiger partial charge >= 0.3 is 16.4 Å². The minimum atomic E-state index is -4.33. The Hall–Kier alpha value is -2.95. The summed E-state index contributed by atoms with van der Waals surface area (Å²) in [4.78, 5) is 16.5. The molecule has 0 saturated heterocycles. The monoisotopic (exact) mass is 433 g/mol. The van der Waals surface area contributed by atoms with Crippen LogP contribution in [0.5, 0.6) is 0 Å². The first-order valence-electron chi connectivity index (χ1n) is 8.58. The van der Waals surface area contributed by atoms with Gasteiger partial charge in [0.05, 0.1) is 22.9 Å². The number of benzene rings is 2. The van der Waals surface area contributed by atoms with E-state index in [2.05, 4.69) is 10.3 Å². The summed E-state index contributed by atoms with van der Waals surface area (Å²) in [5.41, 5.74) is 4.34. The third-order valence-corrected chi connectivity index (χ3v) is 5.05. The Labute approximate surface area is 172 Å². The summed E-state index contributed by atoms with van der Waals surface area (Å²) in [7, 11) is -4.33. The Morgan fingerprint density at radius 1 is 1.10 bits per heavy atom. The van der Waals surface area contributed by atoms with Crippen LogP contribution in [0.15, 0.2) is 65.5 Å². The summed E-state index contributed by atoms with van der Waals surface area (Å²) in [6.45, 7) is 0.159. The van der Waals surface area contributed by atoms with Gasteiger partial charge in [-0.15, -0.1) is 11.3 Å². The predicted octanol–water partition coefficient (Wildman–Crippen LogP) is 3.57. The van der Waals surface area contributed by atoms with Gasteiger partial charge in [-0.05, 0) is 29.7 Å². The maximum atomic E-state index is 12.3. The maximum Gasteiger partial charge on any atom is 0.408 e. The van der Waals surface area contributed by atoms with Gasteiger partial charge in [-0.1, -0.05) is 42.5 Å². The van der Waals surface area contributed by atoms with Crippen LogP contribution in [0.1, 0.15) is 22.9 Å². The van der Waals surface area contributed by atoms with Crippen LogP contribution in [-0.4, -0.2) is 24.0 Å². The summed E-state index contributed by atoms with van der Waals surface area (Å²) >= 11 is 1.42. The smallest absolute Gasteiger partial charge is 0.408 e. The Morgan fingerprint density at radius 2 is 1.83 bits per heavy atom. The quantitative estimate of drug-likeness (QED) is 0.468. The first kappa shape index (κ1) is 20.8. The minimum Gasteiger partial charge on any atom is -0.445 e. The number of hydrogen-bond donors (Lipinski definition) is 3. The normalized spacial score (nSPS) is 12.2.